The van der Waals surface area contributed by atoms with Gasteiger partial charge in [0, 0.05) is 31.2 Å². The van der Waals surface area contributed by atoms with Gasteiger partial charge in [0.1, 0.15) is 0 Å². The SMILES string of the molecule is CC(C)N(CCNc1cnnc(Cl)c1)C(C)C. The molecule has 0 aromatic carbocycles. The molecule has 0 atom stereocenters. The molecule has 17 heavy (non-hydrogen) atoms. The summed E-state index contributed by atoms with van der Waals surface area (Å²) in [5, 5.41) is 11.2. The number of halogens is 1. The fourth-order valence-electron chi connectivity index (χ4n) is 1.88. The topological polar surface area (TPSA) is 41.0 Å². The van der Waals surface area contributed by atoms with E-state index in [1.807, 2.05) is 0 Å². The lowest BCUT2D eigenvalue weighted by Crippen LogP contribution is -2.40. The van der Waals surface area contributed by atoms with Crippen LogP contribution in [-0.4, -0.2) is 40.3 Å². The van der Waals surface area contributed by atoms with Crippen LogP contribution >= 0.6 is 11.6 Å². The molecule has 0 aliphatic carbocycles. The van der Waals surface area contributed by atoms with Crippen LogP contribution in [0, 0.1) is 0 Å². The van der Waals surface area contributed by atoms with Crippen molar-refractivity contribution in [3.8, 4) is 0 Å². The van der Waals surface area contributed by atoms with Gasteiger partial charge < -0.3 is 5.32 Å². The molecule has 0 aliphatic heterocycles. The number of nitrogens with one attached hydrogen (secondary N) is 1. The molecule has 1 rings (SSSR count). The molecule has 0 saturated carbocycles. The number of hydrogen-bond acceptors (Lipinski definition) is 4. The Balaban J connectivity index is 2.41. The molecule has 1 aromatic rings. The van der Waals surface area contributed by atoms with Crippen molar-refractivity contribution in [1.29, 1.82) is 0 Å². The predicted octanol–water partition coefficient (Wildman–Crippen LogP) is 2.66. The van der Waals surface area contributed by atoms with E-state index in [2.05, 4.69) is 48.1 Å². The highest BCUT2D eigenvalue weighted by molar-refractivity contribution is 6.29. The van der Waals surface area contributed by atoms with Gasteiger partial charge in [0.05, 0.1) is 11.9 Å². The van der Waals surface area contributed by atoms with Gasteiger partial charge in [-0.3, -0.25) is 4.90 Å². The summed E-state index contributed by atoms with van der Waals surface area (Å²) < 4.78 is 0. The first kappa shape index (κ1) is 14.2. The average molecular weight is 257 g/mol. The molecule has 0 unspecified atom stereocenters. The largest absolute Gasteiger partial charge is 0.382 e. The summed E-state index contributed by atoms with van der Waals surface area (Å²) in [6.45, 7) is 10.7. The third kappa shape index (κ3) is 4.88. The molecule has 1 aromatic heterocycles. The standard InChI is InChI=1S/C12H21ClN4/c1-9(2)17(10(3)4)6-5-14-11-7-12(13)16-15-8-11/h7-10H,5-6H2,1-4H3,(H,14,16). The lowest BCUT2D eigenvalue weighted by molar-refractivity contribution is 0.182. The van der Waals surface area contributed by atoms with E-state index >= 15 is 0 Å². The summed E-state index contributed by atoms with van der Waals surface area (Å²) in [4.78, 5) is 2.43. The Labute approximate surface area is 108 Å². The van der Waals surface area contributed by atoms with Gasteiger partial charge in [0.15, 0.2) is 5.15 Å². The lowest BCUT2D eigenvalue weighted by Gasteiger charge is -2.30. The Hall–Kier alpha value is -0.870. The first-order valence-corrected chi connectivity index (χ1v) is 6.36. The highest BCUT2D eigenvalue weighted by atomic mass is 35.5. The molecular formula is C12H21ClN4. The number of anilines is 1. The lowest BCUT2D eigenvalue weighted by atomic mass is 10.2. The minimum absolute atomic E-state index is 0.416. The Bertz CT molecular complexity index is 333. The summed E-state index contributed by atoms with van der Waals surface area (Å²) in [7, 11) is 0. The Morgan fingerprint density at radius 2 is 1.94 bits per heavy atom. The first-order chi connectivity index (χ1) is 8.00. The zero-order valence-electron chi connectivity index (χ0n) is 10.9. The summed E-state index contributed by atoms with van der Waals surface area (Å²) in [6, 6.07) is 2.89. The van der Waals surface area contributed by atoms with Crippen molar-refractivity contribution < 1.29 is 0 Å². The fourth-order valence-corrected chi connectivity index (χ4v) is 2.04. The van der Waals surface area contributed by atoms with E-state index in [0.29, 0.717) is 17.2 Å². The van der Waals surface area contributed by atoms with Crippen LogP contribution in [-0.2, 0) is 0 Å². The summed E-state index contributed by atoms with van der Waals surface area (Å²) in [5.74, 6) is 0. The molecule has 96 valence electrons. The van der Waals surface area contributed by atoms with E-state index in [-0.39, 0.29) is 0 Å². The van der Waals surface area contributed by atoms with Crippen LogP contribution in [0.15, 0.2) is 12.3 Å². The van der Waals surface area contributed by atoms with Crippen LogP contribution in [0.4, 0.5) is 5.69 Å². The van der Waals surface area contributed by atoms with Crippen molar-refractivity contribution in [1.82, 2.24) is 15.1 Å². The average Bonchev–Trinajstić information content (AvgIpc) is 2.23. The summed E-state index contributed by atoms with van der Waals surface area (Å²) in [6.07, 6.45) is 1.68. The van der Waals surface area contributed by atoms with Gasteiger partial charge in [-0.25, -0.2) is 0 Å². The van der Waals surface area contributed by atoms with E-state index in [0.717, 1.165) is 18.8 Å². The number of hydrogen-bond donors (Lipinski definition) is 1. The van der Waals surface area contributed by atoms with Crippen molar-refractivity contribution in [3.63, 3.8) is 0 Å². The molecule has 5 heteroatoms. The molecule has 0 spiro atoms. The Kier molecular flexibility index (Phi) is 5.65. The van der Waals surface area contributed by atoms with Crippen molar-refractivity contribution in [3.05, 3.63) is 17.4 Å². The smallest absolute Gasteiger partial charge is 0.153 e. The van der Waals surface area contributed by atoms with Gasteiger partial charge >= 0.3 is 0 Å². The van der Waals surface area contributed by atoms with Crippen molar-refractivity contribution in [2.45, 2.75) is 39.8 Å². The molecule has 1 heterocycles. The Morgan fingerprint density at radius 1 is 1.29 bits per heavy atom. The molecule has 0 saturated heterocycles. The number of aromatic nitrogens is 2. The van der Waals surface area contributed by atoms with E-state index < -0.39 is 0 Å². The second-order valence-electron chi connectivity index (χ2n) is 4.62. The zero-order valence-corrected chi connectivity index (χ0v) is 11.7. The normalized spacial score (nSPS) is 11.5. The van der Waals surface area contributed by atoms with Crippen LogP contribution in [0.1, 0.15) is 27.7 Å². The quantitative estimate of drug-likeness (QED) is 0.850. The summed E-state index contributed by atoms with van der Waals surface area (Å²) >= 11 is 5.76. The van der Waals surface area contributed by atoms with E-state index in [1.165, 1.54) is 0 Å². The van der Waals surface area contributed by atoms with E-state index in [9.17, 15) is 0 Å². The van der Waals surface area contributed by atoms with Crippen LogP contribution in [0.2, 0.25) is 5.15 Å². The first-order valence-electron chi connectivity index (χ1n) is 5.98. The second kappa shape index (κ2) is 6.77. The van der Waals surface area contributed by atoms with Gasteiger partial charge in [-0.05, 0) is 27.7 Å². The molecule has 4 nitrogen and oxygen atoms in total. The maximum absolute atomic E-state index is 5.76. The molecule has 1 N–H and O–H groups in total. The monoisotopic (exact) mass is 256 g/mol. The molecular weight excluding hydrogens is 236 g/mol. The zero-order chi connectivity index (χ0) is 12.8. The van der Waals surface area contributed by atoms with Crippen LogP contribution < -0.4 is 5.32 Å². The number of rotatable bonds is 6. The van der Waals surface area contributed by atoms with Crippen LogP contribution in [0.25, 0.3) is 0 Å². The van der Waals surface area contributed by atoms with Gasteiger partial charge in [0.2, 0.25) is 0 Å². The summed E-state index contributed by atoms with van der Waals surface area (Å²) in [5.41, 5.74) is 0.914. The molecule has 0 radical (unpaired) electrons. The fraction of sp³-hybridized carbons (Fsp3) is 0.667. The second-order valence-corrected chi connectivity index (χ2v) is 5.01. The van der Waals surface area contributed by atoms with E-state index in [4.69, 9.17) is 11.6 Å². The Morgan fingerprint density at radius 3 is 2.47 bits per heavy atom. The minimum Gasteiger partial charge on any atom is -0.382 e. The van der Waals surface area contributed by atoms with Gasteiger partial charge in [-0.2, -0.15) is 5.10 Å². The highest BCUT2D eigenvalue weighted by Gasteiger charge is 2.12. The maximum Gasteiger partial charge on any atom is 0.153 e. The van der Waals surface area contributed by atoms with Crippen molar-refractivity contribution in [2.75, 3.05) is 18.4 Å². The van der Waals surface area contributed by atoms with Crippen LogP contribution in [0.3, 0.4) is 0 Å². The minimum atomic E-state index is 0.416. The van der Waals surface area contributed by atoms with E-state index in [1.54, 1.807) is 12.3 Å². The third-order valence-corrected chi connectivity index (χ3v) is 2.84. The third-order valence-electron chi connectivity index (χ3n) is 2.65. The van der Waals surface area contributed by atoms with Crippen molar-refractivity contribution in [2.24, 2.45) is 0 Å². The highest BCUT2D eigenvalue weighted by Crippen LogP contribution is 2.10. The van der Waals surface area contributed by atoms with Gasteiger partial charge in [-0.1, -0.05) is 11.6 Å². The molecule has 0 amide bonds. The number of nitrogens with zero attached hydrogens (tertiary/aromatic N) is 3. The predicted molar refractivity (Wildman–Crippen MR) is 72.5 cm³/mol. The molecule has 0 bridgehead atoms. The van der Waals surface area contributed by atoms with Crippen molar-refractivity contribution >= 4 is 17.3 Å². The van der Waals surface area contributed by atoms with Gasteiger partial charge in [-0.15, -0.1) is 5.10 Å². The molecule has 0 aliphatic rings. The molecule has 0 fully saturated rings. The maximum atomic E-state index is 5.76. The van der Waals surface area contributed by atoms with Crippen LogP contribution in [0.5, 0.6) is 0 Å². The van der Waals surface area contributed by atoms with Gasteiger partial charge in [0.25, 0.3) is 0 Å².